The number of nitrogens with two attached hydrogens (primary N) is 1. The third-order valence-electron chi connectivity index (χ3n) is 3.34. The van der Waals surface area contributed by atoms with Gasteiger partial charge in [0.2, 0.25) is 5.91 Å². The highest BCUT2D eigenvalue weighted by Gasteiger charge is 2.09. The van der Waals surface area contributed by atoms with Crippen molar-refractivity contribution in [1.82, 2.24) is 14.2 Å². The molecule has 0 bridgehead atoms. The minimum atomic E-state index is -0.465. The fourth-order valence-electron chi connectivity index (χ4n) is 2.19. The number of benzene rings is 1. The van der Waals surface area contributed by atoms with E-state index in [1.54, 1.807) is 30.6 Å². The molecule has 3 aromatic rings. The molecule has 0 spiro atoms. The Hall–Kier alpha value is -2.96. The van der Waals surface area contributed by atoms with Crippen LogP contribution in [0.1, 0.15) is 6.42 Å². The molecule has 0 radical (unpaired) electrons. The van der Waals surface area contributed by atoms with Crippen molar-refractivity contribution in [3.63, 3.8) is 0 Å². The Bertz CT molecular complexity index is 896. The number of aromatic nitrogens is 3. The molecule has 112 valence electrons. The summed E-state index contributed by atoms with van der Waals surface area (Å²) in [4.78, 5) is 23.2. The van der Waals surface area contributed by atoms with Crippen LogP contribution in [-0.4, -0.2) is 20.1 Å². The molecule has 0 aliphatic rings. The first-order chi connectivity index (χ1) is 10.5. The molecule has 0 fully saturated rings. The lowest BCUT2D eigenvalue weighted by molar-refractivity contribution is -0.118. The van der Waals surface area contributed by atoms with E-state index in [9.17, 15) is 14.0 Å². The van der Waals surface area contributed by atoms with E-state index in [2.05, 4.69) is 5.10 Å². The van der Waals surface area contributed by atoms with Crippen LogP contribution in [0.2, 0.25) is 0 Å². The molecule has 0 aliphatic carbocycles. The zero-order valence-electron chi connectivity index (χ0n) is 11.6. The number of rotatable bonds is 4. The lowest BCUT2D eigenvalue weighted by Gasteiger charge is -2.03. The monoisotopic (exact) mass is 300 g/mol. The number of hydrogen-bond donors (Lipinski definition) is 1. The number of carbonyl (C=O) groups excluding carboxylic acids is 1. The van der Waals surface area contributed by atoms with Crippen molar-refractivity contribution in [1.29, 1.82) is 0 Å². The predicted molar refractivity (Wildman–Crippen MR) is 78.7 cm³/mol. The Morgan fingerprint density at radius 1 is 1.23 bits per heavy atom. The van der Waals surface area contributed by atoms with E-state index in [-0.39, 0.29) is 24.3 Å². The summed E-state index contributed by atoms with van der Waals surface area (Å²) in [5, 5.41) is 4.30. The Morgan fingerprint density at radius 2 is 1.95 bits per heavy atom. The predicted octanol–water partition coefficient (Wildman–Crippen LogP) is 1.18. The topological polar surface area (TPSA) is 82.4 Å². The Morgan fingerprint density at radius 3 is 2.64 bits per heavy atom. The molecule has 0 unspecified atom stereocenters. The Labute approximate surface area is 124 Å². The summed E-state index contributed by atoms with van der Waals surface area (Å²) in [7, 11) is 0. The molecule has 0 atom stereocenters. The average Bonchev–Trinajstić information content (AvgIpc) is 2.92. The van der Waals surface area contributed by atoms with Gasteiger partial charge in [-0.15, -0.1) is 0 Å². The van der Waals surface area contributed by atoms with Crippen LogP contribution in [0.4, 0.5) is 4.39 Å². The van der Waals surface area contributed by atoms with Crippen LogP contribution in [0.15, 0.2) is 47.5 Å². The summed E-state index contributed by atoms with van der Waals surface area (Å²) in [6.45, 7) is 0.224. The van der Waals surface area contributed by atoms with Crippen molar-refractivity contribution in [2.24, 2.45) is 5.73 Å². The van der Waals surface area contributed by atoms with E-state index >= 15 is 0 Å². The fourth-order valence-corrected chi connectivity index (χ4v) is 2.19. The zero-order chi connectivity index (χ0) is 15.7. The van der Waals surface area contributed by atoms with Crippen molar-refractivity contribution in [3.8, 4) is 11.3 Å². The van der Waals surface area contributed by atoms with Gasteiger partial charge in [0.15, 0.2) is 0 Å². The van der Waals surface area contributed by atoms with Gasteiger partial charge in [-0.1, -0.05) is 0 Å². The second-order valence-electron chi connectivity index (χ2n) is 4.88. The molecular weight excluding hydrogens is 287 g/mol. The smallest absolute Gasteiger partial charge is 0.276 e. The summed E-state index contributed by atoms with van der Waals surface area (Å²) >= 11 is 0. The van der Waals surface area contributed by atoms with Crippen molar-refractivity contribution < 1.29 is 9.18 Å². The number of carbonyl (C=O) groups is 1. The average molecular weight is 300 g/mol. The van der Waals surface area contributed by atoms with Gasteiger partial charge in [-0.25, -0.2) is 8.91 Å². The third-order valence-corrected chi connectivity index (χ3v) is 3.34. The molecule has 2 N–H and O–H groups in total. The normalized spacial score (nSPS) is 11.0. The molecule has 7 heteroatoms. The first kappa shape index (κ1) is 14.0. The number of fused-ring (bicyclic) bond motifs is 1. The molecule has 0 saturated carbocycles. The maximum absolute atomic E-state index is 13.0. The number of nitrogens with zero attached hydrogens (tertiary/aromatic N) is 3. The molecule has 0 aliphatic heterocycles. The molecule has 22 heavy (non-hydrogen) atoms. The van der Waals surface area contributed by atoms with E-state index in [4.69, 9.17) is 5.73 Å². The first-order valence-corrected chi connectivity index (χ1v) is 6.67. The summed E-state index contributed by atoms with van der Waals surface area (Å²) in [6, 6.07) is 7.51. The van der Waals surface area contributed by atoms with Gasteiger partial charge in [-0.05, 0) is 30.3 Å². The summed E-state index contributed by atoms with van der Waals surface area (Å²) in [5.41, 5.74) is 6.50. The van der Waals surface area contributed by atoms with Gasteiger partial charge >= 0.3 is 0 Å². The molecule has 6 nitrogen and oxygen atoms in total. The minimum absolute atomic E-state index is 0.0923. The van der Waals surface area contributed by atoms with Crippen LogP contribution in [0.3, 0.4) is 0 Å². The molecule has 3 rings (SSSR count). The van der Waals surface area contributed by atoms with E-state index in [0.29, 0.717) is 16.8 Å². The van der Waals surface area contributed by atoms with Gasteiger partial charge in [0, 0.05) is 30.9 Å². The van der Waals surface area contributed by atoms with E-state index in [1.807, 2.05) is 0 Å². The minimum Gasteiger partial charge on any atom is -0.370 e. The van der Waals surface area contributed by atoms with Crippen LogP contribution in [-0.2, 0) is 11.3 Å². The number of primary amides is 1. The molecule has 1 aromatic carbocycles. The van der Waals surface area contributed by atoms with E-state index < -0.39 is 5.91 Å². The molecular formula is C15H13FN4O2. The highest BCUT2D eigenvalue weighted by molar-refractivity contribution is 5.73. The van der Waals surface area contributed by atoms with Crippen LogP contribution < -0.4 is 11.3 Å². The molecule has 2 aromatic heterocycles. The molecule has 1 amide bonds. The number of halogens is 1. The second-order valence-corrected chi connectivity index (χ2v) is 4.88. The van der Waals surface area contributed by atoms with Gasteiger partial charge in [-0.2, -0.15) is 5.10 Å². The largest absolute Gasteiger partial charge is 0.370 e. The Balaban J connectivity index is 2.02. The maximum Gasteiger partial charge on any atom is 0.276 e. The van der Waals surface area contributed by atoms with Gasteiger partial charge < -0.3 is 10.3 Å². The molecule has 2 heterocycles. The van der Waals surface area contributed by atoms with Gasteiger partial charge in [0.05, 0.1) is 5.69 Å². The number of hydrogen-bond acceptors (Lipinski definition) is 3. The fraction of sp³-hybridized carbons (Fsp3) is 0.133. The number of aryl methyl sites for hydroxylation is 1. The molecule has 0 saturated heterocycles. The van der Waals surface area contributed by atoms with Crippen LogP contribution >= 0.6 is 0 Å². The van der Waals surface area contributed by atoms with Crippen molar-refractivity contribution in [2.45, 2.75) is 13.0 Å². The number of amides is 1. The Kier molecular flexibility index (Phi) is 3.46. The zero-order valence-corrected chi connectivity index (χ0v) is 11.6. The highest BCUT2D eigenvalue weighted by Crippen LogP contribution is 2.18. The lowest BCUT2D eigenvalue weighted by Crippen LogP contribution is -2.24. The lowest BCUT2D eigenvalue weighted by atomic mass is 10.1. The van der Waals surface area contributed by atoms with Gasteiger partial charge in [0.25, 0.3) is 5.56 Å². The van der Waals surface area contributed by atoms with Gasteiger partial charge in [-0.3, -0.25) is 9.59 Å². The summed E-state index contributed by atoms with van der Waals surface area (Å²) in [5.74, 6) is -0.798. The maximum atomic E-state index is 13.0. The van der Waals surface area contributed by atoms with Crippen LogP contribution in [0, 0.1) is 5.82 Å². The first-order valence-electron chi connectivity index (χ1n) is 6.67. The van der Waals surface area contributed by atoms with Crippen molar-refractivity contribution in [3.05, 3.63) is 58.9 Å². The van der Waals surface area contributed by atoms with E-state index in [1.165, 1.54) is 21.2 Å². The van der Waals surface area contributed by atoms with Crippen LogP contribution in [0.25, 0.3) is 16.8 Å². The standard InChI is InChI=1S/C15H13FN4O2/c16-11-3-1-10(2-4-11)12-9-13-15(22)19(6-5-14(17)21)7-8-20(13)18-12/h1-4,7-9H,5-6H2,(H2,17,21). The van der Waals surface area contributed by atoms with Gasteiger partial charge in [0.1, 0.15) is 11.3 Å². The van der Waals surface area contributed by atoms with E-state index in [0.717, 1.165) is 0 Å². The third kappa shape index (κ3) is 2.60. The quantitative estimate of drug-likeness (QED) is 0.785. The summed E-state index contributed by atoms with van der Waals surface area (Å²) in [6.07, 6.45) is 3.28. The van der Waals surface area contributed by atoms with Crippen molar-refractivity contribution >= 4 is 11.4 Å². The highest BCUT2D eigenvalue weighted by atomic mass is 19.1. The second kappa shape index (κ2) is 5.44. The SMILES string of the molecule is NC(=O)CCn1ccn2nc(-c3ccc(F)cc3)cc2c1=O. The summed E-state index contributed by atoms with van der Waals surface area (Å²) < 4.78 is 15.8. The van der Waals surface area contributed by atoms with Crippen LogP contribution in [0.5, 0.6) is 0 Å². The van der Waals surface area contributed by atoms with Crippen molar-refractivity contribution in [2.75, 3.05) is 0 Å².